The number of hydrogen-bond acceptors (Lipinski definition) is 3. The molecule has 0 spiro atoms. The number of carbonyl (C=O) groups excluding carboxylic acids is 2. The van der Waals surface area contributed by atoms with E-state index >= 15 is 0 Å². The van der Waals surface area contributed by atoms with Crippen LogP contribution in [0, 0.1) is 0 Å². The molecule has 1 atom stereocenters. The molecule has 0 aliphatic rings. The van der Waals surface area contributed by atoms with Crippen molar-refractivity contribution in [3.63, 3.8) is 0 Å². The van der Waals surface area contributed by atoms with Crippen LogP contribution in [0.25, 0.3) is 0 Å². The molecule has 2 amide bonds. The highest BCUT2D eigenvalue weighted by molar-refractivity contribution is 7.12. The molecule has 0 saturated carbocycles. The van der Waals surface area contributed by atoms with Crippen LogP contribution in [0.3, 0.4) is 0 Å². The molecule has 2 aromatic carbocycles. The quantitative estimate of drug-likeness (QED) is 0.600. The number of halogens is 1. The summed E-state index contributed by atoms with van der Waals surface area (Å²) < 4.78 is 0. The Kier molecular flexibility index (Phi) is 6.27. The van der Waals surface area contributed by atoms with Crippen LogP contribution in [0.5, 0.6) is 0 Å². The molecule has 0 saturated heterocycles. The Bertz CT molecular complexity index is 927. The summed E-state index contributed by atoms with van der Waals surface area (Å²) >= 11 is 7.51. The summed E-state index contributed by atoms with van der Waals surface area (Å²) in [7, 11) is 0. The molecular formula is C21H19ClN2O2S. The molecule has 0 radical (unpaired) electrons. The van der Waals surface area contributed by atoms with E-state index in [1.54, 1.807) is 30.3 Å². The lowest BCUT2D eigenvalue weighted by Crippen LogP contribution is -2.27. The van der Waals surface area contributed by atoms with Crippen LogP contribution in [-0.2, 0) is 0 Å². The number of amides is 2. The van der Waals surface area contributed by atoms with Crippen LogP contribution in [0.4, 0.5) is 5.69 Å². The van der Waals surface area contributed by atoms with E-state index in [1.165, 1.54) is 11.3 Å². The third-order valence-electron chi connectivity index (χ3n) is 4.16. The van der Waals surface area contributed by atoms with Crippen LogP contribution < -0.4 is 10.6 Å². The Hall–Kier alpha value is -2.63. The summed E-state index contributed by atoms with van der Waals surface area (Å²) in [5, 5.41) is 7.90. The number of benzene rings is 2. The zero-order valence-electron chi connectivity index (χ0n) is 14.7. The van der Waals surface area contributed by atoms with Gasteiger partial charge in [0, 0.05) is 12.1 Å². The molecule has 6 heteroatoms. The fourth-order valence-electron chi connectivity index (χ4n) is 2.60. The number of nitrogens with one attached hydrogen (secondary N) is 2. The summed E-state index contributed by atoms with van der Waals surface area (Å²) in [6, 6.07) is 18.4. The fraction of sp³-hybridized carbons (Fsp3) is 0.143. The molecule has 2 N–H and O–H groups in total. The van der Waals surface area contributed by atoms with Crippen LogP contribution in [-0.4, -0.2) is 18.4 Å². The smallest absolute Gasteiger partial charge is 0.265 e. The van der Waals surface area contributed by atoms with E-state index in [4.69, 9.17) is 11.6 Å². The average Bonchev–Trinajstić information content (AvgIpc) is 3.23. The molecule has 1 unspecified atom stereocenters. The Morgan fingerprint density at radius 2 is 1.81 bits per heavy atom. The van der Waals surface area contributed by atoms with E-state index in [0.29, 0.717) is 27.7 Å². The molecule has 3 aromatic rings. The Morgan fingerprint density at radius 1 is 1.04 bits per heavy atom. The summed E-state index contributed by atoms with van der Waals surface area (Å²) in [4.78, 5) is 25.3. The highest BCUT2D eigenvalue weighted by atomic mass is 35.5. The minimum absolute atomic E-state index is 0.195. The van der Waals surface area contributed by atoms with Crippen LogP contribution in [0.1, 0.15) is 38.4 Å². The van der Waals surface area contributed by atoms with Gasteiger partial charge >= 0.3 is 0 Å². The number of anilines is 1. The normalized spacial score (nSPS) is 11.6. The first-order valence-corrected chi connectivity index (χ1v) is 9.78. The average molecular weight is 399 g/mol. The van der Waals surface area contributed by atoms with E-state index in [1.807, 2.05) is 35.7 Å². The van der Waals surface area contributed by atoms with Gasteiger partial charge in [-0.3, -0.25) is 9.59 Å². The summed E-state index contributed by atoms with van der Waals surface area (Å²) in [5.41, 5.74) is 2.03. The first kappa shape index (κ1) is 19.1. The molecule has 0 fully saturated rings. The number of thiophene rings is 1. The highest BCUT2D eigenvalue weighted by Gasteiger charge is 2.14. The van der Waals surface area contributed by atoms with Crippen LogP contribution >= 0.6 is 22.9 Å². The largest absolute Gasteiger partial charge is 0.351 e. The van der Waals surface area contributed by atoms with Crippen molar-refractivity contribution in [3.05, 3.63) is 87.1 Å². The van der Waals surface area contributed by atoms with Gasteiger partial charge in [0.15, 0.2) is 0 Å². The van der Waals surface area contributed by atoms with Gasteiger partial charge in [-0.15, -0.1) is 11.3 Å². The van der Waals surface area contributed by atoms with Gasteiger partial charge in [-0.2, -0.15) is 0 Å². The Morgan fingerprint density at radius 3 is 2.52 bits per heavy atom. The van der Waals surface area contributed by atoms with Gasteiger partial charge in [-0.05, 0) is 41.1 Å². The molecule has 0 aliphatic heterocycles. The lowest BCUT2D eigenvalue weighted by Gasteiger charge is -2.14. The molecule has 1 aromatic heterocycles. The van der Waals surface area contributed by atoms with Crippen molar-refractivity contribution in [3.8, 4) is 0 Å². The zero-order valence-corrected chi connectivity index (χ0v) is 16.3. The minimum atomic E-state index is -0.248. The second-order valence-corrected chi connectivity index (χ2v) is 7.50. The molecule has 0 bridgehead atoms. The van der Waals surface area contributed by atoms with Gasteiger partial charge in [-0.25, -0.2) is 0 Å². The Labute approximate surface area is 167 Å². The molecule has 27 heavy (non-hydrogen) atoms. The van der Waals surface area contributed by atoms with Crippen LogP contribution in [0.2, 0.25) is 5.02 Å². The maximum atomic E-state index is 12.5. The predicted octanol–water partition coefficient (Wildman–Crippen LogP) is 5.19. The summed E-state index contributed by atoms with van der Waals surface area (Å²) in [5.74, 6) is -0.260. The first-order valence-electron chi connectivity index (χ1n) is 8.52. The molecule has 1 heterocycles. The van der Waals surface area contributed by atoms with Gasteiger partial charge in [0.25, 0.3) is 11.8 Å². The topological polar surface area (TPSA) is 58.2 Å². The maximum Gasteiger partial charge on any atom is 0.265 e. The van der Waals surface area contributed by atoms with Gasteiger partial charge in [0.2, 0.25) is 0 Å². The van der Waals surface area contributed by atoms with Gasteiger partial charge < -0.3 is 10.6 Å². The SMILES string of the molecule is CC(CNC(=O)c1ccc(Cl)c(NC(=O)c2cccs2)c1)c1ccccc1. The number of carbonyl (C=O) groups is 2. The standard InChI is InChI=1S/C21H19ClN2O2S/c1-14(15-6-3-2-4-7-15)13-23-20(25)16-9-10-17(22)18(12-16)24-21(26)19-8-5-11-27-19/h2-12,14H,13H2,1H3,(H,23,25)(H,24,26). The second kappa shape index (κ2) is 8.84. The lowest BCUT2D eigenvalue weighted by molar-refractivity contribution is 0.0950. The van der Waals surface area contributed by atoms with E-state index in [9.17, 15) is 9.59 Å². The predicted molar refractivity (Wildman–Crippen MR) is 111 cm³/mol. The molecular weight excluding hydrogens is 380 g/mol. The molecule has 3 rings (SSSR count). The van der Waals surface area contributed by atoms with Crippen molar-refractivity contribution in [2.45, 2.75) is 12.8 Å². The van der Waals surface area contributed by atoms with Crippen molar-refractivity contribution in [2.24, 2.45) is 0 Å². The number of hydrogen-bond donors (Lipinski definition) is 2. The monoisotopic (exact) mass is 398 g/mol. The van der Waals surface area contributed by atoms with Crippen molar-refractivity contribution in [2.75, 3.05) is 11.9 Å². The van der Waals surface area contributed by atoms with Crippen molar-refractivity contribution in [1.82, 2.24) is 5.32 Å². The molecule has 138 valence electrons. The third kappa shape index (κ3) is 4.96. The van der Waals surface area contributed by atoms with E-state index < -0.39 is 0 Å². The fourth-order valence-corrected chi connectivity index (χ4v) is 3.38. The van der Waals surface area contributed by atoms with Gasteiger partial charge in [-0.1, -0.05) is 54.9 Å². The third-order valence-corrected chi connectivity index (χ3v) is 5.36. The number of rotatable bonds is 6. The second-order valence-electron chi connectivity index (χ2n) is 6.15. The minimum Gasteiger partial charge on any atom is -0.351 e. The van der Waals surface area contributed by atoms with Gasteiger partial charge in [0.05, 0.1) is 15.6 Å². The van der Waals surface area contributed by atoms with Gasteiger partial charge in [0.1, 0.15) is 0 Å². The Balaban J connectivity index is 1.66. The lowest BCUT2D eigenvalue weighted by atomic mass is 10.0. The summed E-state index contributed by atoms with van der Waals surface area (Å²) in [6.07, 6.45) is 0. The first-order chi connectivity index (χ1) is 13.0. The van der Waals surface area contributed by atoms with E-state index in [-0.39, 0.29) is 17.7 Å². The molecule has 0 aliphatic carbocycles. The van der Waals surface area contributed by atoms with Crippen molar-refractivity contribution in [1.29, 1.82) is 0 Å². The maximum absolute atomic E-state index is 12.5. The zero-order chi connectivity index (χ0) is 19.2. The summed E-state index contributed by atoms with van der Waals surface area (Å²) in [6.45, 7) is 2.58. The highest BCUT2D eigenvalue weighted by Crippen LogP contribution is 2.24. The molecule has 4 nitrogen and oxygen atoms in total. The van der Waals surface area contributed by atoms with E-state index in [2.05, 4.69) is 17.6 Å². The van der Waals surface area contributed by atoms with Crippen molar-refractivity contribution >= 4 is 40.4 Å². The van der Waals surface area contributed by atoms with Crippen molar-refractivity contribution < 1.29 is 9.59 Å². The van der Waals surface area contributed by atoms with E-state index in [0.717, 1.165) is 5.56 Å². The van der Waals surface area contributed by atoms with Crippen LogP contribution in [0.15, 0.2) is 66.0 Å².